The van der Waals surface area contributed by atoms with Crippen molar-refractivity contribution in [3.8, 4) is 0 Å². The van der Waals surface area contributed by atoms with E-state index in [0.29, 0.717) is 11.2 Å². The Bertz CT molecular complexity index is 593. The maximum Gasteiger partial charge on any atom is 0.0942 e. The molecule has 2 aromatic rings. The van der Waals surface area contributed by atoms with Gasteiger partial charge in [-0.3, -0.25) is 4.68 Å². The van der Waals surface area contributed by atoms with E-state index < -0.39 is 0 Å². The fourth-order valence-electron chi connectivity index (χ4n) is 3.17. The SMILES string of the molecule is Cc1cc(SC2CC(c3ccccc3)CCC2N)n(C)n1. The topological polar surface area (TPSA) is 43.8 Å². The molecule has 3 unspecified atom stereocenters. The van der Waals surface area contributed by atoms with E-state index in [4.69, 9.17) is 5.73 Å². The molecule has 4 heteroatoms. The number of aryl methyl sites for hydroxylation is 2. The number of thioether (sulfide) groups is 1. The zero-order chi connectivity index (χ0) is 14.8. The van der Waals surface area contributed by atoms with Gasteiger partial charge in [-0.25, -0.2) is 0 Å². The van der Waals surface area contributed by atoms with Gasteiger partial charge in [0.25, 0.3) is 0 Å². The molecule has 0 amide bonds. The minimum Gasteiger partial charge on any atom is -0.327 e. The third-order valence-electron chi connectivity index (χ3n) is 4.34. The van der Waals surface area contributed by atoms with E-state index >= 15 is 0 Å². The molecule has 0 bridgehead atoms. The van der Waals surface area contributed by atoms with E-state index in [1.165, 1.54) is 17.0 Å². The quantitative estimate of drug-likeness (QED) is 0.944. The van der Waals surface area contributed by atoms with Gasteiger partial charge in [0.15, 0.2) is 0 Å². The number of aromatic nitrogens is 2. The first-order valence-electron chi connectivity index (χ1n) is 7.61. The lowest BCUT2D eigenvalue weighted by molar-refractivity contribution is 0.405. The second-order valence-corrected chi connectivity index (χ2v) is 7.25. The van der Waals surface area contributed by atoms with Gasteiger partial charge in [-0.15, -0.1) is 11.8 Å². The average molecular weight is 301 g/mol. The summed E-state index contributed by atoms with van der Waals surface area (Å²) in [5.74, 6) is 0.637. The van der Waals surface area contributed by atoms with Crippen molar-refractivity contribution >= 4 is 11.8 Å². The molecule has 1 aromatic heterocycles. The van der Waals surface area contributed by atoms with Crippen LogP contribution in [0, 0.1) is 6.92 Å². The third kappa shape index (κ3) is 3.33. The highest BCUT2D eigenvalue weighted by Crippen LogP contribution is 2.40. The third-order valence-corrected chi connectivity index (χ3v) is 5.81. The fraction of sp³-hybridized carbons (Fsp3) is 0.471. The molecule has 112 valence electrons. The summed E-state index contributed by atoms with van der Waals surface area (Å²) < 4.78 is 1.97. The van der Waals surface area contributed by atoms with E-state index in [-0.39, 0.29) is 6.04 Å². The van der Waals surface area contributed by atoms with Crippen LogP contribution in [0.1, 0.15) is 36.4 Å². The van der Waals surface area contributed by atoms with Crippen molar-refractivity contribution in [3.05, 3.63) is 47.7 Å². The zero-order valence-electron chi connectivity index (χ0n) is 12.7. The fourth-order valence-corrected chi connectivity index (χ4v) is 4.55. The smallest absolute Gasteiger partial charge is 0.0942 e. The van der Waals surface area contributed by atoms with Crippen LogP contribution in [0.2, 0.25) is 0 Å². The molecule has 3 rings (SSSR count). The predicted molar refractivity (Wildman–Crippen MR) is 88.6 cm³/mol. The lowest BCUT2D eigenvalue weighted by atomic mass is 9.82. The monoisotopic (exact) mass is 301 g/mol. The molecule has 0 spiro atoms. The van der Waals surface area contributed by atoms with E-state index in [0.717, 1.165) is 18.5 Å². The van der Waals surface area contributed by atoms with E-state index in [1.54, 1.807) is 0 Å². The first-order valence-corrected chi connectivity index (χ1v) is 8.49. The molecule has 1 aromatic carbocycles. The summed E-state index contributed by atoms with van der Waals surface area (Å²) in [4.78, 5) is 0. The number of hydrogen-bond donors (Lipinski definition) is 1. The first kappa shape index (κ1) is 14.7. The molecule has 1 aliphatic rings. The van der Waals surface area contributed by atoms with Crippen LogP contribution >= 0.6 is 11.8 Å². The van der Waals surface area contributed by atoms with Gasteiger partial charge < -0.3 is 5.73 Å². The maximum atomic E-state index is 6.37. The summed E-state index contributed by atoms with van der Waals surface area (Å²) in [5, 5.41) is 6.13. The minimum absolute atomic E-state index is 0.283. The van der Waals surface area contributed by atoms with Gasteiger partial charge in [0.1, 0.15) is 0 Å². The van der Waals surface area contributed by atoms with Crippen LogP contribution in [-0.4, -0.2) is 21.1 Å². The van der Waals surface area contributed by atoms with Crippen LogP contribution in [0.3, 0.4) is 0 Å². The average Bonchev–Trinajstić information content (AvgIpc) is 2.80. The number of benzene rings is 1. The minimum atomic E-state index is 0.283. The van der Waals surface area contributed by atoms with Crippen LogP contribution in [-0.2, 0) is 7.05 Å². The lowest BCUT2D eigenvalue weighted by Crippen LogP contribution is -2.37. The van der Waals surface area contributed by atoms with Gasteiger partial charge in [-0.05, 0) is 43.7 Å². The molecule has 3 nitrogen and oxygen atoms in total. The summed E-state index contributed by atoms with van der Waals surface area (Å²) >= 11 is 1.89. The predicted octanol–water partition coefficient (Wildman–Crippen LogP) is 3.48. The molecule has 1 fully saturated rings. The number of rotatable bonds is 3. The maximum absolute atomic E-state index is 6.37. The molecule has 21 heavy (non-hydrogen) atoms. The van der Waals surface area contributed by atoms with Gasteiger partial charge in [-0.1, -0.05) is 30.3 Å². The molecule has 1 heterocycles. The van der Waals surface area contributed by atoms with Crippen molar-refractivity contribution in [2.24, 2.45) is 12.8 Å². The number of nitrogens with two attached hydrogens (primary N) is 1. The van der Waals surface area contributed by atoms with Crippen LogP contribution in [0.5, 0.6) is 0 Å². The van der Waals surface area contributed by atoms with Gasteiger partial charge in [-0.2, -0.15) is 5.10 Å². The van der Waals surface area contributed by atoms with Crippen molar-refractivity contribution in [3.63, 3.8) is 0 Å². The van der Waals surface area contributed by atoms with E-state index in [9.17, 15) is 0 Å². The summed E-state index contributed by atoms with van der Waals surface area (Å²) in [6.45, 7) is 2.04. The number of nitrogens with zero attached hydrogens (tertiary/aromatic N) is 2. The highest BCUT2D eigenvalue weighted by molar-refractivity contribution is 7.99. The second kappa shape index (κ2) is 6.24. The summed E-state index contributed by atoms with van der Waals surface area (Å²) in [6.07, 6.45) is 3.46. The normalized spacial score (nSPS) is 26.0. The second-order valence-electron chi connectivity index (χ2n) is 5.99. The van der Waals surface area contributed by atoms with Crippen LogP contribution in [0.15, 0.2) is 41.4 Å². The largest absolute Gasteiger partial charge is 0.327 e. The molecule has 0 saturated heterocycles. The molecular formula is C17H23N3S. The Hall–Kier alpha value is -1.26. The summed E-state index contributed by atoms with van der Waals surface area (Å²) in [6, 6.07) is 13.3. The van der Waals surface area contributed by atoms with Crippen molar-refractivity contribution in [2.75, 3.05) is 0 Å². The summed E-state index contributed by atoms with van der Waals surface area (Å²) in [5.41, 5.74) is 8.90. The van der Waals surface area contributed by atoms with Crippen LogP contribution in [0.25, 0.3) is 0 Å². The lowest BCUT2D eigenvalue weighted by Gasteiger charge is -2.33. The molecule has 1 saturated carbocycles. The highest BCUT2D eigenvalue weighted by Gasteiger charge is 2.30. The molecule has 1 aliphatic carbocycles. The van der Waals surface area contributed by atoms with Gasteiger partial charge in [0, 0.05) is 18.3 Å². The molecular weight excluding hydrogens is 278 g/mol. The van der Waals surface area contributed by atoms with Crippen molar-refractivity contribution in [1.29, 1.82) is 0 Å². The van der Waals surface area contributed by atoms with Gasteiger partial charge >= 0.3 is 0 Å². The Labute approximate surface area is 130 Å². The first-order chi connectivity index (χ1) is 10.1. The van der Waals surface area contributed by atoms with E-state index in [2.05, 4.69) is 41.5 Å². The molecule has 2 N–H and O–H groups in total. The Morgan fingerprint density at radius 2 is 2.00 bits per heavy atom. The Morgan fingerprint density at radius 1 is 1.24 bits per heavy atom. The molecule has 0 radical (unpaired) electrons. The molecule has 0 aliphatic heterocycles. The highest BCUT2D eigenvalue weighted by atomic mass is 32.2. The van der Waals surface area contributed by atoms with Crippen molar-refractivity contribution in [1.82, 2.24) is 9.78 Å². The zero-order valence-corrected chi connectivity index (χ0v) is 13.5. The Balaban J connectivity index is 1.73. The number of hydrogen-bond acceptors (Lipinski definition) is 3. The Morgan fingerprint density at radius 3 is 2.67 bits per heavy atom. The van der Waals surface area contributed by atoms with Crippen LogP contribution < -0.4 is 5.73 Å². The van der Waals surface area contributed by atoms with Crippen molar-refractivity contribution < 1.29 is 0 Å². The summed E-state index contributed by atoms with van der Waals surface area (Å²) in [7, 11) is 2.01. The van der Waals surface area contributed by atoms with Crippen molar-refractivity contribution in [2.45, 2.75) is 48.4 Å². The standard InChI is InChI=1S/C17H23N3S/c1-12-10-17(20(2)19-12)21-16-11-14(8-9-15(16)18)13-6-4-3-5-7-13/h3-7,10,14-16H,8-9,11,18H2,1-2H3. The Kier molecular flexibility index (Phi) is 4.36. The van der Waals surface area contributed by atoms with E-state index in [1.807, 2.05) is 30.4 Å². The van der Waals surface area contributed by atoms with Gasteiger partial charge in [0.2, 0.25) is 0 Å². The molecule has 3 atom stereocenters. The van der Waals surface area contributed by atoms with Crippen LogP contribution in [0.4, 0.5) is 0 Å². The van der Waals surface area contributed by atoms with Gasteiger partial charge in [0.05, 0.1) is 10.7 Å².